The van der Waals surface area contributed by atoms with Crippen LogP contribution in [0.5, 0.6) is 0 Å². The fourth-order valence-corrected chi connectivity index (χ4v) is 4.64. The molecule has 0 bridgehead atoms. The SMILES string of the molecule is CCC1=C2C(C)=C(CC)C(C)N2[B]n2c(C)c(CC)c(C)c21. The summed E-state index contributed by atoms with van der Waals surface area (Å²) in [7, 11) is 2.35. The average Bonchev–Trinajstić information content (AvgIpc) is 2.90. The molecular formula is C19H28BN2. The molecule has 1 aromatic rings. The highest BCUT2D eigenvalue weighted by Gasteiger charge is 2.38. The molecule has 1 unspecified atom stereocenters. The molecule has 3 heterocycles. The van der Waals surface area contributed by atoms with E-state index in [1.54, 1.807) is 5.57 Å². The Hall–Kier alpha value is -1.38. The number of hydrogen-bond acceptors (Lipinski definition) is 1. The van der Waals surface area contributed by atoms with Gasteiger partial charge in [-0.15, -0.1) is 0 Å². The monoisotopic (exact) mass is 295 g/mol. The van der Waals surface area contributed by atoms with Gasteiger partial charge in [-0.1, -0.05) is 20.8 Å². The van der Waals surface area contributed by atoms with Gasteiger partial charge in [-0.25, -0.2) is 0 Å². The lowest BCUT2D eigenvalue weighted by molar-refractivity contribution is 0.488. The smallest absolute Gasteiger partial charge is 0.392 e. The van der Waals surface area contributed by atoms with Gasteiger partial charge in [0.25, 0.3) is 0 Å². The van der Waals surface area contributed by atoms with E-state index in [9.17, 15) is 0 Å². The Morgan fingerprint density at radius 2 is 1.68 bits per heavy atom. The summed E-state index contributed by atoms with van der Waals surface area (Å²) < 4.78 is 2.44. The van der Waals surface area contributed by atoms with Gasteiger partial charge in [0, 0.05) is 23.1 Å². The number of fused-ring (bicyclic) bond motifs is 2. The first kappa shape index (κ1) is 15.5. The van der Waals surface area contributed by atoms with Crippen LogP contribution in [0.3, 0.4) is 0 Å². The lowest BCUT2D eigenvalue weighted by Gasteiger charge is -2.34. The molecule has 0 aromatic carbocycles. The second kappa shape index (κ2) is 5.36. The van der Waals surface area contributed by atoms with Crippen molar-refractivity contribution in [3.8, 4) is 0 Å². The maximum atomic E-state index is 2.51. The number of aromatic nitrogens is 1. The summed E-state index contributed by atoms with van der Waals surface area (Å²) in [6, 6.07) is 0.488. The van der Waals surface area contributed by atoms with Gasteiger partial charge in [0.1, 0.15) is 0 Å². The third-order valence-electron chi connectivity index (χ3n) is 5.76. The highest BCUT2D eigenvalue weighted by Crippen LogP contribution is 2.44. The Labute approximate surface area is 136 Å². The van der Waals surface area contributed by atoms with Crippen molar-refractivity contribution in [2.24, 2.45) is 0 Å². The van der Waals surface area contributed by atoms with E-state index in [1.165, 1.54) is 39.4 Å². The average molecular weight is 295 g/mol. The second-order valence-corrected chi connectivity index (χ2v) is 6.64. The van der Waals surface area contributed by atoms with Crippen LogP contribution in [0.4, 0.5) is 0 Å². The first-order valence-electron chi connectivity index (χ1n) is 8.74. The van der Waals surface area contributed by atoms with Gasteiger partial charge in [0.2, 0.25) is 0 Å². The predicted molar refractivity (Wildman–Crippen MR) is 95.9 cm³/mol. The third-order valence-corrected chi connectivity index (χ3v) is 5.76. The molecule has 2 nitrogen and oxygen atoms in total. The van der Waals surface area contributed by atoms with E-state index in [1.807, 2.05) is 0 Å². The molecule has 1 aromatic heterocycles. The number of allylic oxidation sites excluding steroid dienone is 2. The molecule has 117 valence electrons. The zero-order chi connectivity index (χ0) is 16.2. The molecule has 0 amide bonds. The molecule has 3 heteroatoms. The zero-order valence-corrected chi connectivity index (χ0v) is 15.2. The van der Waals surface area contributed by atoms with Crippen molar-refractivity contribution in [3.63, 3.8) is 0 Å². The van der Waals surface area contributed by atoms with Crippen molar-refractivity contribution in [3.05, 3.63) is 39.4 Å². The van der Waals surface area contributed by atoms with Gasteiger partial charge >= 0.3 is 7.55 Å². The van der Waals surface area contributed by atoms with Crippen molar-refractivity contribution in [2.45, 2.75) is 73.8 Å². The quantitative estimate of drug-likeness (QED) is 0.739. The topological polar surface area (TPSA) is 8.17 Å². The van der Waals surface area contributed by atoms with Crippen LogP contribution in [-0.2, 0) is 6.42 Å². The predicted octanol–water partition coefficient (Wildman–Crippen LogP) is 4.61. The molecule has 2 aliphatic rings. The van der Waals surface area contributed by atoms with E-state index < -0.39 is 0 Å². The third kappa shape index (κ3) is 1.80. The van der Waals surface area contributed by atoms with Crippen molar-refractivity contribution >= 4 is 13.1 Å². The highest BCUT2D eigenvalue weighted by molar-refractivity contribution is 6.34. The first-order chi connectivity index (χ1) is 10.5. The Balaban J connectivity index is 2.30. The highest BCUT2D eigenvalue weighted by atomic mass is 15.2. The van der Waals surface area contributed by atoms with Crippen molar-refractivity contribution in [2.75, 3.05) is 0 Å². The maximum Gasteiger partial charge on any atom is 0.396 e. The Bertz CT molecular complexity index is 691. The van der Waals surface area contributed by atoms with E-state index in [0.29, 0.717) is 6.04 Å². The summed E-state index contributed by atoms with van der Waals surface area (Å²) in [5, 5.41) is 0. The molecular weight excluding hydrogens is 267 g/mol. The molecule has 1 radical (unpaired) electrons. The summed E-state index contributed by atoms with van der Waals surface area (Å²) in [6.45, 7) is 16.1. The first-order valence-corrected chi connectivity index (χ1v) is 8.74. The summed E-state index contributed by atoms with van der Waals surface area (Å²) in [5.41, 5.74) is 12.0. The molecule has 2 aliphatic heterocycles. The Morgan fingerprint density at radius 1 is 1.00 bits per heavy atom. The second-order valence-electron chi connectivity index (χ2n) is 6.64. The lowest BCUT2D eigenvalue weighted by Crippen LogP contribution is -2.40. The lowest BCUT2D eigenvalue weighted by atomic mass is 9.91. The van der Waals surface area contributed by atoms with Gasteiger partial charge < -0.3 is 9.29 Å². The summed E-state index contributed by atoms with van der Waals surface area (Å²) in [6.07, 6.45) is 3.35. The molecule has 3 rings (SSSR count). The molecule has 0 saturated carbocycles. The molecule has 0 saturated heterocycles. The van der Waals surface area contributed by atoms with Crippen LogP contribution in [0, 0.1) is 13.8 Å². The van der Waals surface area contributed by atoms with Crippen molar-refractivity contribution in [1.29, 1.82) is 0 Å². The van der Waals surface area contributed by atoms with Gasteiger partial charge in [-0.3, -0.25) is 0 Å². The van der Waals surface area contributed by atoms with Crippen LogP contribution in [-0.4, -0.2) is 22.9 Å². The van der Waals surface area contributed by atoms with E-state index in [0.717, 1.165) is 19.3 Å². The van der Waals surface area contributed by atoms with Crippen LogP contribution in [0.1, 0.15) is 70.0 Å². The summed E-state index contributed by atoms with van der Waals surface area (Å²) in [5.74, 6) is 0. The Morgan fingerprint density at radius 3 is 2.23 bits per heavy atom. The number of nitrogens with zero attached hydrogens (tertiary/aromatic N) is 2. The maximum absolute atomic E-state index is 2.51. The van der Waals surface area contributed by atoms with Gasteiger partial charge in [-0.2, -0.15) is 0 Å². The molecule has 0 fully saturated rings. The van der Waals surface area contributed by atoms with E-state index in [-0.39, 0.29) is 0 Å². The van der Waals surface area contributed by atoms with Crippen LogP contribution >= 0.6 is 0 Å². The van der Waals surface area contributed by atoms with Crippen LogP contribution in [0.25, 0.3) is 5.57 Å². The fraction of sp³-hybridized carbons (Fsp3) is 0.579. The minimum atomic E-state index is 0.488. The van der Waals surface area contributed by atoms with Crippen LogP contribution in [0.15, 0.2) is 16.8 Å². The normalized spacial score (nSPS) is 20.5. The van der Waals surface area contributed by atoms with Crippen LogP contribution in [0.2, 0.25) is 0 Å². The van der Waals surface area contributed by atoms with Gasteiger partial charge in [0.05, 0.1) is 0 Å². The molecule has 22 heavy (non-hydrogen) atoms. The van der Waals surface area contributed by atoms with E-state index >= 15 is 0 Å². The standard InChI is InChI=1S/C19H28BN2/c1-8-15-11(4)18-17(10-3)19-12(5)16(9-2)14(7)22(19)20-21(18)13(15)6/h13H,8-10H2,1-7H3. The molecule has 1 atom stereocenters. The van der Waals surface area contributed by atoms with E-state index in [4.69, 9.17) is 0 Å². The summed E-state index contributed by atoms with van der Waals surface area (Å²) >= 11 is 0. The number of hydrogen-bond donors (Lipinski definition) is 0. The van der Waals surface area contributed by atoms with E-state index in [2.05, 4.69) is 65.3 Å². The molecule has 0 aliphatic carbocycles. The van der Waals surface area contributed by atoms with Gasteiger partial charge in [-0.05, 0) is 74.8 Å². The van der Waals surface area contributed by atoms with Crippen molar-refractivity contribution < 1.29 is 0 Å². The summed E-state index contributed by atoms with van der Waals surface area (Å²) in [4.78, 5) is 2.51. The largest absolute Gasteiger partial charge is 0.396 e. The Kier molecular flexibility index (Phi) is 3.78. The van der Waals surface area contributed by atoms with Crippen LogP contribution < -0.4 is 0 Å². The molecule has 0 spiro atoms. The fourth-order valence-electron chi connectivity index (χ4n) is 4.64. The van der Waals surface area contributed by atoms with Gasteiger partial charge in [0.15, 0.2) is 0 Å². The number of rotatable bonds is 3. The van der Waals surface area contributed by atoms with Crippen molar-refractivity contribution in [1.82, 2.24) is 9.29 Å². The zero-order valence-electron chi connectivity index (χ0n) is 15.2. The minimum absolute atomic E-state index is 0.488. The molecule has 0 N–H and O–H groups in total. The minimum Gasteiger partial charge on any atom is -0.392 e.